The van der Waals surface area contributed by atoms with Crippen molar-refractivity contribution in [1.82, 2.24) is 9.36 Å². The SMILES string of the molecule is CCc1nsc(N(CC)CC(=O)O)n1. The average Bonchev–Trinajstić information content (AvgIpc) is 2.62. The minimum atomic E-state index is -0.847. The lowest BCUT2D eigenvalue weighted by Crippen LogP contribution is -2.29. The van der Waals surface area contributed by atoms with Gasteiger partial charge in [0.25, 0.3) is 0 Å². The summed E-state index contributed by atoms with van der Waals surface area (Å²) in [6.07, 6.45) is 0.779. The average molecular weight is 215 g/mol. The van der Waals surface area contributed by atoms with Gasteiger partial charge in [0.15, 0.2) is 0 Å². The van der Waals surface area contributed by atoms with E-state index in [1.807, 2.05) is 13.8 Å². The first-order chi connectivity index (χ1) is 6.67. The van der Waals surface area contributed by atoms with Crippen molar-refractivity contribution < 1.29 is 9.90 Å². The Kier molecular flexibility index (Phi) is 3.82. The van der Waals surface area contributed by atoms with E-state index in [1.54, 1.807) is 4.90 Å². The van der Waals surface area contributed by atoms with Crippen LogP contribution in [0.5, 0.6) is 0 Å². The summed E-state index contributed by atoms with van der Waals surface area (Å²) < 4.78 is 4.11. The molecule has 78 valence electrons. The number of rotatable bonds is 5. The number of carboxylic acids is 1. The summed E-state index contributed by atoms with van der Waals surface area (Å²) in [6.45, 7) is 4.48. The largest absolute Gasteiger partial charge is 0.480 e. The Hall–Kier alpha value is -1.17. The van der Waals surface area contributed by atoms with Crippen LogP contribution in [0.25, 0.3) is 0 Å². The Labute approximate surface area is 86.6 Å². The summed E-state index contributed by atoms with van der Waals surface area (Å²) in [4.78, 5) is 16.4. The number of hydrogen-bond donors (Lipinski definition) is 1. The van der Waals surface area contributed by atoms with Crippen LogP contribution < -0.4 is 4.90 Å². The highest BCUT2D eigenvalue weighted by Crippen LogP contribution is 2.16. The van der Waals surface area contributed by atoms with Crippen molar-refractivity contribution in [3.8, 4) is 0 Å². The molecule has 0 radical (unpaired) electrons. The predicted octanol–water partition coefficient (Wildman–Crippen LogP) is 1.01. The molecule has 1 N–H and O–H groups in total. The van der Waals surface area contributed by atoms with E-state index in [9.17, 15) is 4.79 Å². The monoisotopic (exact) mass is 215 g/mol. The predicted molar refractivity (Wildman–Crippen MR) is 54.8 cm³/mol. The van der Waals surface area contributed by atoms with Crippen LogP contribution in [0, 0.1) is 0 Å². The molecule has 1 heterocycles. The van der Waals surface area contributed by atoms with E-state index in [4.69, 9.17) is 5.11 Å². The number of aromatic nitrogens is 2. The first kappa shape index (κ1) is 10.9. The summed E-state index contributed by atoms with van der Waals surface area (Å²) in [6, 6.07) is 0. The number of aryl methyl sites for hydroxylation is 1. The van der Waals surface area contributed by atoms with E-state index >= 15 is 0 Å². The summed E-state index contributed by atoms with van der Waals surface area (Å²) in [5.74, 6) is -0.0751. The van der Waals surface area contributed by atoms with Crippen LogP contribution in [0.2, 0.25) is 0 Å². The smallest absolute Gasteiger partial charge is 0.323 e. The van der Waals surface area contributed by atoms with Crippen LogP contribution in [0.3, 0.4) is 0 Å². The second kappa shape index (κ2) is 4.90. The molecule has 14 heavy (non-hydrogen) atoms. The van der Waals surface area contributed by atoms with Gasteiger partial charge in [0.05, 0.1) is 0 Å². The van der Waals surface area contributed by atoms with Crippen LogP contribution >= 0.6 is 11.5 Å². The molecule has 0 fully saturated rings. The Morgan fingerprint density at radius 2 is 2.29 bits per heavy atom. The minimum absolute atomic E-state index is 0.0190. The molecule has 0 aliphatic heterocycles. The van der Waals surface area contributed by atoms with Gasteiger partial charge in [-0.1, -0.05) is 6.92 Å². The summed E-state index contributed by atoms with van der Waals surface area (Å²) in [7, 11) is 0. The number of carbonyl (C=O) groups is 1. The molecule has 0 amide bonds. The maximum Gasteiger partial charge on any atom is 0.323 e. The van der Waals surface area contributed by atoms with Gasteiger partial charge in [0.1, 0.15) is 12.4 Å². The number of aliphatic carboxylic acids is 1. The number of hydrogen-bond acceptors (Lipinski definition) is 5. The zero-order valence-corrected chi connectivity index (χ0v) is 9.04. The number of carboxylic acid groups (broad SMARTS) is 1. The fraction of sp³-hybridized carbons (Fsp3) is 0.625. The van der Waals surface area contributed by atoms with E-state index in [0.29, 0.717) is 11.7 Å². The Morgan fingerprint density at radius 3 is 2.71 bits per heavy atom. The van der Waals surface area contributed by atoms with Gasteiger partial charge in [-0.3, -0.25) is 4.79 Å². The van der Waals surface area contributed by atoms with Gasteiger partial charge in [-0.2, -0.15) is 4.37 Å². The van der Waals surface area contributed by atoms with Gasteiger partial charge in [-0.25, -0.2) is 4.98 Å². The van der Waals surface area contributed by atoms with E-state index in [1.165, 1.54) is 11.5 Å². The number of anilines is 1. The summed E-state index contributed by atoms with van der Waals surface area (Å²) >= 11 is 1.25. The molecule has 0 aromatic carbocycles. The van der Waals surface area contributed by atoms with Gasteiger partial charge in [-0.05, 0) is 6.92 Å². The van der Waals surface area contributed by atoms with E-state index in [-0.39, 0.29) is 6.54 Å². The molecule has 0 aliphatic rings. The second-order valence-corrected chi connectivity index (χ2v) is 3.48. The van der Waals surface area contributed by atoms with Crippen molar-refractivity contribution in [2.45, 2.75) is 20.3 Å². The highest BCUT2D eigenvalue weighted by Gasteiger charge is 2.12. The molecule has 0 spiro atoms. The van der Waals surface area contributed by atoms with Crippen molar-refractivity contribution in [3.05, 3.63) is 5.82 Å². The van der Waals surface area contributed by atoms with Crippen molar-refractivity contribution in [3.63, 3.8) is 0 Å². The Bertz CT molecular complexity index is 313. The van der Waals surface area contributed by atoms with E-state index in [2.05, 4.69) is 9.36 Å². The van der Waals surface area contributed by atoms with Crippen molar-refractivity contribution in [1.29, 1.82) is 0 Å². The standard InChI is InChI=1S/C8H13N3O2S/c1-3-6-9-8(14-10-6)11(4-2)5-7(12)13/h3-5H2,1-2H3,(H,12,13). The molecule has 1 aromatic heterocycles. The highest BCUT2D eigenvalue weighted by atomic mass is 32.1. The van der Waals surface area contributed by atoms with Crippen LogP contribution in [-0.2, 0) is 11.2 Å². The maximum absolute atomic E-state index is 10.5. The zero-order chi connectivity index (χ0) is 10.6. The normalized spacial score (nSPS) is 10.1. The fourth-order valence-electron chi connectivity index (χ4n) is 0.995. The molecule has 0 atom stereocenters. The molecule has 1 rings (SSSR count). The number of nitrogens with zero attached hydrogens (tertiary/aromatic N) is 3. The Balaban J connectivity index is 2.73. The quantitative estimate of drug-likeness (QED) is 0.794. The lowest BCUT2D eigenvalue weighted by Gasteiger charge is -2.15. The molecule has 0 saturated heterocycles. The van der Waals surface area contributed by atoms with Crippen molar-refractivity contribution >= 4 is 22.6 Å². The van der Waals surface area contributed by atoms with Crippen LogP contribution in [0.15, 0.2) is 0 Å². The van der Waals surface area contributed by atoms with E-state index in [0.717, 1.165) is 12.2 Å². The van der Waals surface area contributed by atoms with Crippen molar-refractivity contribution in [2.24, 2.45) is 0 Å². The Morgan fingerprint density at radius 1 is 1.57 bits per heavy atom. The van der Waals surface area contributed by atoms with Crippen molar-refractivity contribution in [2.75, 3.05) is 18.0 Å². The summed E-state index contributed by atoms with van der Waals surface area (Å²) in [5, 5.41) is 9.34. The molecule has 5 nitrogen and oxygen atoms in total. The zero-order valence-electron chi connectivity index (χ0n) is 8.23. The third kappa shape index (κ3) is 2.66. The van der Waals surface area contributed by atoms with Gasteiger partial charge in [-0.15, -0.1) is 0 Å². The third-order valence-electron chi connectivity index (χ3n) is 1.75. The first-order valence-corrected chi connectivity index (χ1v) is 5.24. The molecular formula is C8H13N3O2S. The lowest BCUT2D eigenvalue weighted by molar-refractivity contribution is -0.135. The van der Waals surface area contributed by atoms with Gasteiger partial charge in [0.2, 0.25) is 5.13 Å². The fourth-order valence-corrected chi connectivity index (χ4v) is 1.81. The molecule has 0 aliphatic carbocycles. The highest BCUT2D eigenvalue weighted by molar-refractivity contribution is 7.09. The second-order valence-electron chi connectivity index (χ2n) is 2.75. The van der Waals surface area contributed by atoms with Gasteiger partial charge < -0.3 is 10.0 Å². The van der Waals surface area contributed by atoms with Gasteiger partial charge >= 0.3 is 5.97 Å². The topological polar surface area (TPSA) is 66.3 Å². The minimum Gasteiger partial charge on any atom is -0.480 e. The van der Waals surface area contributed by atoms with Crippen LogP contribution in [0.4, 0.5) is 5.13 Å². The molecular weight excluding hydrogens is 202 g/mol. The molecule has 0 saturated carbocycles. The molecule has 1 aromatic rings. The van der Waals surface area contributed by atoms with Gasteiger partial charge in [0, 0.05) is 24.5 Å². The first-order valence-electron chi connectivity index (χ1n) is 4.46. The molecule has 6 heteroatoms. The summed E-state index contributed by atoms with van der Waals surface area (Å²) in [5.41, 5.74) is 0. The lowest BCUT2D eigenvalue weighted by atomic mass is 10.5. The van der Waals surface area contributed by atoms with E-state index < -0.39 is 5.97 Å². The number of likely N-dealkylation sites (N-methyl/N-ethyl adjacent to an activating group) is 1. The van der Waals surface area contributed by atoms with Crippen LogP contribution in [-0.4, -0.2) is 33.5 Å². The maximum atomic E-state index is 10.5. The van der Waals surface area contributed by atoms with Crippen LogP contribution in [0.1, 0.15) is 19.7 Å². The molecule has 0 bridgehead atoms. The third-order valence-corrected chi connectivity index (χ3v) is 2.57. The molecule has 0 unspecified atom stereocenters.